The van der Waals surface area contributed by atoms with E-state index < -0.39 is 10.0 Å². The van der Waals surface area contributed by atoms with E-state index >= 15 is 0 Å². The fourth-order valence-corrected chi connectivity index (χ4v) is 4.24. The molecule has 0 saturated carbocycles. The number of fused-ring (bicyclic) bond motifs is 1. The minimum absolute atomic E-state index is 0.328. The molecule has 1 aliphatic heterocycles. The molecule has 0 amide bonds. The molecule has 0 aromatic heterocycles. The molecular formula is C14H12BrNO2S. The lowest BCUT2D eigenvalue weighted by atomic mass is 10.1. The van der Waals surface area contributed by atoms with Gasteiger partial charge in [-0.25, -0.2) is 8.42 Å². The van der Waals surface area contributed by atoms with Crippen LogP contribution < -0.4 is 0 Å². The quantitative estimate of drug-likeness (QED) is 0.844. The van der Waals surface area contributed by atoms with Crippen molar-refractivity contribution in [1.82, 2.24) is 4.31 Å². The van der Waals surface area contributed by atoms with Gasteiger partial charge in [0.1, 0.15) is 0 Å². The molecule has 0 bridgehead atoms. The summed E-state index contributed by atoms with van der Waals surface area (Å²) in [6.45, 7) is 0.899. The van der Waals surface area contributed by atoms with Crippen LogP contribution in [0, 0.1) is 0 Å². The van der Waals surface area contributed by atoms with Gasteiger partial charge in [0.25, 0.3) is 0 Å². The third-order valence-electron chi connectivity index (χ3n) is 3.25. The molecule has 5 heteroatoms. The van der Waals surface area contributed by atoms with Crippen LogP contribution in [0.5, 0.6) is 0 Å². The molecule has 0 atom stereocenters. The van der Waals surface area contributed by atoms with Crippen molar-refractivity contribution >= 4 is 26.0 Å². The first-order valence-corrected chi connectivity index (χ1v) is 8.13. The lowest BCUT2D eigenvalue weighted by Gasteiger charge is -2.15. The predicted molar refractivity (Wildman–Crippen MR) is 77.0 cm³/mol. The maximum Gasteiger partial charge on any atom is 0.243 e. The Labute approximate surface area is 121 Å². The molecule has 3 nitrogen and oxygen atoms in total. The van der Waals surface area contributed by atoms with Gasteiger partial charge in [0.15, 0.2) is 0 Å². The SMILES string of the molecule is O=S(=O)(c1cccc(Br)c1)N1Cc2ccccc2C1. The van der Waals surface area contributed by atoms with Crippen molar-refractivity contribution in [3.05, 3.63) is 64.1 Å². The molecule has 3 rings (SSSR count). The first-order valence-electron chi connectivity index (χ1n) is 5.90. The lowest BCUT2D eigenvalue weighted by molar-refractivity contribution is 0.431. The van der Waals surface area contributed by atoms with Gasteiger partial charge in [0.2, 0.25) is 10.0 Å². The van der Waals surface area contributed by atoms with Gasteiger partial charge < -0.3 is 0 Å². The molecule has 19 heavy (non-hydrogen) atoms. The van der Waals surface area contributed by atoms with E-state index in [2.05, 4.69) is 15.9 Å². The highest BCUT2D eigenvalue weighted by Gasteiger charge is 2.30. The van der Waals surface area contributed by atoms with Gasteiger partial charge in [-0.2, -0.15) is 4.31 Å². The molecule has 0 radical (unpaired) electrons. The van der Waals surface area contributed by atoms with Crippen LogP contribution in [-0.4, -0.2) is 12.7 Å². The summed E-state index contributed by atoms with van der Waals surface area (Å²) in [7, 11) is -3.43. The van der Waals surface area contributed by atoms with Crippen LogP contribution in [0.3, 0.4) is 0 Å². The van der Waals surface area contributed by atoms with Crippen molar-refractivity contribution in [2.45, 2.75) is 18.0 Å². The smallest absolute Gasteiger partial charge is 0.207 e. The predicted octanol–water partition coefficient (Wildman–Crippen LogP) is 3.15. The zero-order valence-corrected chi connectivity index (χ0v) is 12.5. The Morgan fingerprint density at radius 1 is 0.947 bits per heavy atom. The highest BCUT2D eigenvalue weighted by molar-refractivity contribution is 9.10. The molecule has 0 saturated heterocycles. The van der Waals surface area contributed by atoms with Crippen LogP contribution in [0.15, 0.2) is 57.9 Å². The second-order valence-electron chi connectivity index (χ2n) is 4.50. The third kappa shape index (κ3) is 2.33. The van der Waals surface area contributed by atoms with Gasteiger partial charge in [-0.15, -0.1) is 0 Å². The van der Waals surface area contributed by atoms with E-state index in [1.54, 1.807) is 18.2 Å². The first-order chi connectivity index (χ1) is 9.07. The van der Waals surface area contributed by atoms with Gasteiger partial charge in [0.05, 0.1) is 4.90 Å². The van der Waals surface area contributed by atoms with Crippen molar-refractivity contribution in [3.63, 3.8) is 0 Å². The Morgan fingerprint density at radius 2 is 1.58 bits per heavy atom. The van der Waals surface area contributed by atoms with E-state index in [9.17, 15) is 8.42 Å². The number of halogens is 1. The Balaban J connectivity index is 1.96. The minimum Gasteiger partial charge on any atom is -0.207 e. The summed E-state index contributed by atoms with van der Waals surface area (Å²) in [6, 6.07) is 14.7. The molecule has 0 unspecified atom stereocenters. The zero-order chi connectivity index (χ0) is 13.5. The number of benzene rings is 2. The molecule has 1 aliphatic rings. The van der Waals surface area contributed by atoms with Gasteiger partial charge >= 0.3 is 0 Å². The number of hydrogen-bond donors (Lipinski definition) is 0. The summed E-state index contributed by atoms with van der Waals surface area (Å²) in [5, 5.41) is 0. The van der Waals surface area contributed by atoms with Gasteiger partial charge in [-0.1, -0.05) is 46.3 Å². The van der Waals surface area contributed by atoms with Crippen LogP contribution in [0.4, 0.5) is 0 Å². The second kappa shape index (κ2) is 4.74. The average molecular weight is 338 g/mol. The van der Waals surface area contributed by atoms with Crippen molar-refractivity contribution in [2.75, 3.05) is 0 Å². The van der Waals surface area contributed by atoms with Crippen molar-refractivity contribution in [1.29, 1.82) is 0 Å². The number of hydrogen-bond acceptors (Lipinski definition) is 2. The summed E-state index contributed by atoms with van der Waals surface area (Å²) in [5.74, 6) is 0. The molecule has 0 N–H and O–H groups in total. The fraction of sp³-hybridized carbons (Fsp3) is 0.143. The summed E-state index contributed by atoms with van der Waals surface area (Å²) in [4.78, 5) is 0.328. The lowest BCUT2D eigenvalue weighted by Crippen LogP contribution is -2.25. The van der Waals surface area contributed by atoms with Gasteiger partial charge in [0, 0.05) is 17.6 Å². The Bertz CT molecular complexity index is 703. The van der Waals surface area contributed by atoms with Crippen molar-refractivity contribution in [2.24, 2.45) is 0 Å². The van der Waals surface area contributed by atoms with Crippen LogP contribution >= 0.6 is 15.9 Å². The zero-order valence-electron chi connectivity index (χ0n) is 10.1. The van der Waals surface area contributed by atoms with Crippen molar-refractivity contribution < 1.29 is 8.42 Å². The summed E-state index contributed by atoms with van der Waals surface area (Å²) in [6.07, 6.45) is 0. The molecule has 2 aromatic carbocycles. The summed E-state index contributed by atoms with van der Waals surface area (Å²) < 4.78 is 27.4. The molecule has 1 heterocycles. The Hall–Kier alpha value is -1.17. The average Bonchev–Trinajstić information content (AvgIpc) is 2.83. The molecule has 2 aromatic rings. The van der Waals surface area contributed by atoms with Crippen LogP contribution in [-0.2, 0) is 23.1 Å². The second-order valence-corrected chi connectivity index (χ2v) is 7.35. The minimum atomic E-state index is -3.43. The number of nitrogens with zero attached hydrogens (tertiary/aromatic N) is 1. The van der Waals surface area contributed by atoms with E-state index in [0.717, 1.165) is 15.6 Å². The van der Waals surface area contributed by atoms with E-state index in [-0.39, 0.29) is 0 Å². The largest absolute Gasteiger partial charge is 0.243 e. The van der Waals surface area contributed by atoms with Crippen molar-refractivity contribution in [3.8, 4) is 0 Å². The molecule has 0 aliphatic carbocycles. The van der Waals surface area contributed by atoms with Crippen LogP contribution in [0.1, 0.15) is 11.1 Å². The normalized spacial score (nSPS) is 15.4. The van der Waals surface area contributed by atoms with Crippen LogP contribution in [0.2, 0.25) is 0 Å². The highest BCUT2D eigenvalue weighted by Crippen LogP contribution is 2.29. The highest BCUT2D eigenvalue weighted by atomic mass is 79.9. The van der Waals surface area contributed by atoms with E-state index in [1.165, 1.54) is 4.31 Å². The summed E-state index contributed by atoms with van der Waals surface area (Å²) in [5.41, 5.74) is 2.17. The molecule has 98 valence electrons. The maximum absolute atomic E-state index is 12.6. The topological polar surface area (TPSA) is 37.4 Å². The van der Waals surface area contributed by atoms with E-state index in [4.69, 9.17) is 0 Å². The number of sulfonamides is 1. The Kier molecular flexibility index (Phi) is 3.20. The Morgan fingerprint density at radius 3 is 2.16 bits per heavy atom. The number of rotatable bonds is 2. The van der Waals surface area contributed by atoms with Crippen LogP contribution in [0.25, 0.3) is 0 Å². The molecular weight excluding hydrogens is 326 g/mol. The standard InChI is InChI=1S/C14H12BrNO2S/c15-13-6-3-7-14(8-13)19(17,18)16-9-11-4-1-2-5-12(11)10-16/h1-8H,9-10H2. The van der Waals surface area contributed by atoms with Gasteiger partial charge in [-0.3, -0.25) is 0 Å². The summed E-state index contributed by atoms with van der Waals surface area (Å²) >= 11 is 3.31. The third-order valence-corrected chi connectivity index (χ3v) is 5.53. The maximum atomic E-state index is 12.6. The van der Waals surface area contributed by atoms with E-state index in [0.29, 0.717) is 18.0 Å². The molecule has 0 spiro atoms. The fourth-order valence-electron chi connectivity index (χ4n) is 2.25. The first kappa shape index (κ1) is 12.8. The monoisotopic (exact) mass is 337 g/mol. The van der Waals surface area contributed by atoms with Gasteiger partial charge in [-0.05, 0) is 29.3 Å². The molecule has 0 fully saturated rings. The van der Waals surface area contributed by atoms with E-state index in [1.807, 2.05) is 30.3 Å².